The maximum absolute atomic E-state index is 13.0. The molecular formula is C17H21N3O3. The zero-order chi connectivity index (χ0) is 17.3. The summed E-state index contributed by atoms with van der Waals surface area (Å²) in [6, 6.07) is 7.12. The number of hydrogen-bond donors (Lipinski definition) is 0. The maximum atomic E-state index is 13.0. The maximum Gasteiger partial charge on any atom is 0.330 e. The largest absolute Gasteiger partial charge is 0.330 e. The summed E-state index contributed by atoms with van der Waals surface area (Å²) >= 11 is 0. The van der Waals surface area contributed by atoms with Gasteiger partial charge in [-0.25, -0.2) is 4.79 Å². The Morgan fingerprint density at radius 2 is 1.70 bits per heavy atom. The van der Waals surface area contributed by atoms with Crippen LogP contribution in [0.5, 0.6) is 0 Å². The van der Waals surface area contributed by atoms with Gasteiger partial charge in [-0.05, 0) is 26.6 Å². The zero-order valence-electron chi connectivity index (χ0n) is 14.1. The first-order chi connectivity index (χ1) is 10.8. The van der Waals surface area contributed by atoms with E-state index < -0.39 is 11.2 Å². The van der Waals surface area contributed by atoms with Crippen LogP contribution in [0.4, 0.5) is 0 Å². The van der Waals surface area contributed by atoms with Crippen molar-refractivity contribution >= 4 is 5.78 Å². The molecule has 0 fully saturated rings. The molecule has 1 heterocycles. The van der Waals surface area contributed by atoms with Crippen molar-refractivity contribution in [2.75, 3.05) is 14.1 Å². The van der Waals surface area contributed by atoms with Crippen LogP contribution >= 0.6 is 0 Å². The van der Waals surface area contributed by atoms with Crippen molar-refractivity contribution in [2.24, 2.45) is 14.1 Å². The molecule has 0 aliphatic carbocycles. The molecular weight excluding hydrogens is 294 g/mol. The number of hydrogen-bond acceptors (Lipinski definition) is 4. The van der Waals surface area contributed by atoms with Crippen LogP contribution in [-0.2, 0) is 20.6 Å². The highest BCUT2D eigenvalue weighted by Crippen LogP contribution is 2.14. The van der Waals surface area contributed by atoms with Gasteiger partial charge in [-0.3, -0.25) is 18.7 Å². The minimum atomic E-state index is -0.557. The summed E-state index contributed by atoms with van der Waals surface area (Å²) in [5.74, 6) is -0.351. The number of ketones is 1. The van der Waals surface area contributed by atoms with Gasteiger partial charge >= 0.3 is 5.69 Å². The predicted molar refractivity (Wildman–Crippen MR) is 88.9 cm³/mol. The van der Waals surface area contributed by atoms with E-state index in [4.69, 9.17) is 0 Å². The van der Waals surface area contributed by atoms with E-state index in [-0.39, 0.29) is 11.3 Å². The quantitative estimate of drug-likeness (QED) is 0.779. The second kappa shape index (κ2) is 6.34. The van der Waals surface area contributed by atoms with E-state index >= 15 is 0 Å². The molecule has 0 aliphatic heterocycles. The summed E-state index contributed by atoms with van der Waals surface area (Å²) in [6.07, 6.45) is 0. The number of carbonyl (C=O) groups excluding carboxylic acids is 1. The number of aromatic nitrogens is 2. The van der Waals surface area contributed by atoms with E-state index in [1.807, 2.05) is 38.1 Å². The van der Waals surface area contributed by atoms with Gasteiger partial charge in [0.15, 0.2) is 0 Å². The van der Waals surface area contributed by atoms with Crippen molar-refractivity contribution in [1.29, 1.82) is 0 Å². The molecule has 0 spiro atoms. The molecule has 1 aromatic heterocycles. The Bertz CT molecular complexity index is 876. The van der Waals surface area contributed by atoms with E-state index in [2.05, 4.69) is 0 Å². The number of carbonyl (C=O) groups is 1. The third-order valence-corrected chi connectivity index (χ3v) is 3.87. The first-order valence-corrected chi connectivity index (χ1v) is 7.29. The van der Waals surface area contributed by atoms with Crippen LogP contribution in [0.15, 0.2) is 33.9 Å². The van der Waals surface area contributed by atoms with Gasteiger partial charge in [0, 0.05) is 26.2 Å². The van der Waals surface area contributed by atoms with Gasteiger partial charge < -0.3 is 4.90 Å². The molecule has 2 aromatic rings. The summed E-state index contributed by atoms with van der Waals surface area (Å²) in [4.78, 5) is 39.5. The van der Waals surface area contributed by atoms with Crippen LogP contribution in [0.1, 0.15) is 27.2 Å². The van der Waals surface area contributed by atoms with E-state index in [9.17, 15) is 14.4 Å². The van der Waals surface area contributed by atoms with E-state index in [0.717, 1.165) is 10.1 Å². The molecule has 0 aliphatic rings. The lowest BCUT2D eigenvalue weighted by molar-refractivity contribution is 0.103. The smallest absolute Gasteiger partial charge is 0.304 e. The predicted octanol–water partition coefficient (Wildman–Crippen LogP) is 0.685. The van der Waals surface area contributed by atoms with Crippen LogP contribution in [0.25, 0.3) is 0 Å². The Balaban J connectivity index is 2.80. The molecule has 2 rings (SSSR count). The topological polar surface area (TPSA) is 64.3 Å². The highest BCUT2D eigenvalue weighted by atomic mass is 16.2. The number of aryl methyl sites for hydroxylation is 1. The minimum Gasteiger partial charge on any atom is -0.304 e. The lowest BCUT2D eigenvalue weighted by Gasteiger charge is -2.18. The van der Waals surface area contributed by atoms with E-state index in [1.165, 1.54) is 11.6 Å². The average Bonchev–Trinajstić information content (AvgIpc) is 2.50. The Morgan fingerprint density at radius 1 is 1.09 bits per heavy atom. The van der Waals surface area contributed by atoms with Crippen LogP contribution in [-0.4, -0.2) is 33.9 Å². The van der Waals surface area contributed by atoms with Crippen molar-refractivity contribution in [2.45, 2.75) is 13.5 Å². The minimum absolute atomic E-state index is 0.0533. The standard InChI is InChI=1S/C17H21N3O3/c1-11-8-6-7-9-12(11)15(21)14-13(10-18(2)3)19(4)17(23)20(5)16(14)22/h6-9H,10H2,1-5H3. The summed E-state index contributed by atoms with van der Waals surface area (Å²) in [5.41, 5.74) is 0.757. The summed E-state index contributed by atoms with van der Waals surface area (Å²) in [7, 11) is 6.61. The van der Waals surface area contributed by atoms with Crippen LogP contribution in [0.2, 0.25) is 0 Å². The molecule has 0 N–H and O–H groups in total. The van der Waals surface area contributed by atoms with E-state index in [0.29, 0.717) is 17.8 Å². The monoisotopic (exact) mass is 315 g/mol. The summed E-state index contributed by atoms with van der Waals surface area (Å²) < 4.78 is 2.34. The van der Waals surface area contributed by atoms with Crippen molar-refractivity contribution in [3.63, 3.8) is 0 Å². The molecule has 0 atom stereocenters. The average molecular weight is 315 g/mol. The van der Waals surface area contributed by atoms with Crippen LogP contribution in [0, 0.1) is 6.92 Å². The Labute approximate surface area is 134 Å². The fourth-order valence-electron chi connectivity index (χ4n) is 2.56. The van der Waals surface area contributed by atoms with Crippen LogP contribution in [0.3, 0.4) is 0 Å². The Hall–Kier alpha value is -2.47. The molecule has 6 nitrogen and oxygen atoms in total. The molecule has 0 bridgehead atoms. The van der Waals surface area contributed by atoms with Gasteiger partial charge in [-0.15, -0.1) is 0 Å². The zero-order valence-corrected chi connectivity index (χ0v) is 14.1. The second-order valence-electron chi connectivity index (χ2n) is 5.91. The molecule has 6 heteroatoms. The lowest BCUT2D eigenvalue weighted by Crippen LogP contribution is -2.43. The van der Waals surface area contributed by atoms with Crippen LogP contribution < -0.4 is 11.2 Å². The van der Waals surface area contributed by atoms with Crippen molar-refractivity contribution in [3.8, 4) is 0 Å². The van der Waals surface area contributed by atoms with Gasteiger partial charge in [0.05, 0.1) is 5.69 Å². The van der Waals surface area contributed by atoms with Crippen molar-refractivity contribution < 1.29 is 4.79 Å². The molecule has 1 aromatic carbocycles. The number of rotatable bonds is 4. The Morgan fingerprint density at radius 3 is 2.26 bits per heavy atom. The fourth-order valence-corrected chi connectivity index (χ4v) is 2.56. The molecule has 23 heavy (non-hydrogen) atoms. The molecule has 122 valence electrons. The summed E-state index contributed by atoms with van der Waals surface area (Å²) in [6.45, 7) is 2.15. The number of nitrogens with zero attached hydrogens (tertiary/aromatic N) is 3. The first kappa shape index (κ1) is 16.9. The Kier molecular flexibility index (Phi) is 4.65. The number of benzene rings is 1. The van der Waals surface area contributed by atoms with Gasteiger partial charge in [0.1, 0.15) is 5.56 Å². The molecule has 0 amide bonds. The normalized spacial score (nSPS) is 11.0. The van der Waals surface area contributed by atoms with Gasteiger partial charge in [0.25, 0.3) is 5.56 Å². The summed E-state index contributed by atoms with van der Waals surface area (Å²) in [5, 5.41) is 0. The fraction of sp³-hybridized carbons (Fsp3) is 0.353. The second-order valence-corrected chi connectivity index (χ2v) is 5.91. The van der Waals surface area contributed by atoms with Crippen molar-refractivity contribution in [1.82, 2.24) is 14.0 Å². The van der Waals surface area contributed by atoms with Gasteiger partial charge in [-0.1, -0.05) is 24.3 Å². The van der Waals surface area contributed by atoms with Gasteiger partial charge in [0.2, 0.25) is 5.78 Å². The highest BCUT2D eigenvalue weighted by Gasteiger charge is 2.24. The third kappa shape index (κ3) is 3.03. The molecule has 0 saturated carbocycles. The molecule has 0 saturated heterocycles. The SMILES string of the molecule is Cc1ccccc1C(=O)c1c(CN(C)C)n(C)c(=O)n(C)c1=O. The third-order valence-electron chi connectivity index (χ3n) is 3.87. The van der Waals surface area contributed by atoms with Crippen molar-refractivity contribution in [3.05, 3.63) is 67.5 Å². The lowest BCUT2D eigenvalue weighted by atomic mass is 9.98. The van der Waals surface area contributed by atoms with E-state index in [1.54, 1.807) is 19.2 Å². The van der Waals surface area contributed by atoms with Gasteiger partial charge in [-0.2, -0.15) is 0 Å². The molecule has 0 radical (unpaired) electrons. The molecule has 0 unspecified atom stereocenters. The first-order valence-electron chi connectivity index (χ1n) is 7.29. The highest BCUT2D eigenvalue weighted by molar-refractivity contribution is 6.10.